The van der Waals surface area contributed by atoms with Gasteiger partial charge in [-0.2, -0.15) is 5.10 Å². The van der Waals surface area contributed by atoms with Gasteiger partial charge >= 0.3 is 6.03 Å². The SMILES string of the molecule is C[C@H]1Cn2ncc(N3C(=O)NC[C@@H]3C)c2CN1. The van der Waals surface area contributed by atoms with E-state index < -0.39 is 0 Å². The molecule has 1 saturated heterocycles. The van der Waals surface area contributed by atoms with Crippen LogP contribution >= 0.6 is 0 Å². The lowest BCUT2D eigenvalue weighted by Crippen LogP contribution is -2.39. The molecular formula is C11H17N5O. The molecule has 2 aliphatic rings. The van der Waals surface area contributed by atoms with E-state index in [9.17, 15) is 4.79 Å². The monoisotopic (exact) mass is 235 g/mol. The van der Waals surface area contributed by atoms with Gasteiger partial charge in [-0.1, -0.05) is 0 Å². The van der Waals surface area contributed by atoms with Gasteiger partial charge in [-0.15, -0.1) is 0 Å². The molecule has 2 N–H and O–H groups in total. The number of carbonyl (C=O) groups excluding carboxylic acids is 1. The number of hydrogen-bond donors (Lipinski definition) is 2. The van der Waals surface area contributed by atoms with E-state index in [0.717, 1.165) is 24.5 Å². The molecule has 1 fully saturated rings. The van der Waals surface area contributed by atoms with E-state index in [0.29, 0.717) is 12.6 Å². The zero-order valence-corrected chi connectivity index (χ0v) is 10.1. The van der Waals surface area contributed by atoms with Crippen molar-refractivity contribution in [2.45, 2.75) is 39.0 Å². The summed E-state index contributed by atoms with van der Waals surface area (Å²) in [7, 11) is 0. The minimum atomic E-state index is -0.0214. The van der Waals surface area contributed by atoms with Gasteiger partial charge < -0.3 is 10.6 Å². The highest BCUT2D eigenvalue weighted by Gasteiger charge is 2.32. The lowest BCUT2D eigenvalue weighted by Gasteiger charge is -2.25. The van der Waals surface area contributed by atoms with E-state index in [1.165, 1.54) is 0 Å². The maximum atomic E-state index is 11.8. The van der Waals surface area contributed by atoms with Crippen molar-refractivity contribution < 1.29 is 4.79 Å². The summed E-state index contributed by atoms with van der Waals surface area (Å²) in [5, 5.41) is 10.6. The topological polar surface area (TPSA) is 62.2 Å². The van der Waals surface area contributed by atoms with E-state index in [1.54, 1.807) is 11.1 Å². The normalized spacial score (nSPS) is 28.1. The quantitative estimate of drug-likeness (QED) is 0.735. The number of amides is 2. The van der Waals surface area contributed by atoms with E-state index in [-0.39, 0.29) is 12.1 Å². The highest BCUT2D eigenvalue weighted by molar-refractivity contribution is 5.95. The van der Waals surface area contributed by atoms with Crippen molar-refractivity contribution in [3.05, 3.63) is 11.9 Å². The maximum Gasteiger partial charge on any atom is 0.322 e. The number of anilines is 1. The Morgan fingerprint density at radius 1 is 1.47 bits per heavy atom. The van der Waals surface area contributed by atoms with Gasteiger partial charge in [0, 0.05) is 19.1 Å². The van der Waals surface area contributed by atoms with Crippen molar-refractivity contribution >= 4 is 11.7 Å². The first-order valence-corrected chi connectivity index (χ1v) is 6.02. The minimum absolute atomic E-state index is 0.0214. The average molecular weight is 235 g/mol. The second-order valence-corrected chi connectivity index (χ2v) is 4.85. The average Bonchev–Trinajstić information content (AvgIpc) is 2.83. The summed E-state index contributed by atoms with van der Waals surface area (Å²) in [6.07, 6.45) is 1.80. The van der Waals surface area contributed by atoms with Crippen LogP contribution in [0.2, 0.25) is 0 Å². The number of carbonyl (C=O) groups is 1. The molecule has 92 valence electrons. The summed E-state index contributed by atoms with van der Waals surface area (Å²) in [5.41, 5.74) is 2.04. The number of fused-ring (bicyclic) bond motifs is 1. The fourth-order valence-electron chi connectivity index (χ4n) is 2.49. The molecule has 6 nitrogen and oxygen atoms in total. The standard InChI is InChI=1S/C11H17N5O/c1-7-6-15-9(4-12-7)10(5-14-15)16-8(2)3-13-11(16)17/h5,7-8,12H,3-4,6H2,1-2H3,(H,13,17)/t7-,8-/m0/s1. The smallest absolute Gasteiger partial charge is 0.322 e. The summed E-state index contributed by atoms with van der Waals surface area (Å²) in [6.45, 7) is 6.51. The Bertz CT molecular complexity index is 455. The Morgan fingerprint density at radius 3 is 3.00 bits per heavy atom. The second-order valence-electron chi connectivity index (χ2n) is 4.85. The fourth-order valence-corrected chi connectivity index (χ4v) is 2.49. The van der Waals surface area contributed by atoms with Crippen molar-refractivity contribution in [3.8, 4) is 0 Å². The Hall–Kier alpha value is -1.56. The molecular weight excluding hydrogens is 218 g/mol. The number of nitrogens with one attached hydrogen (secondary N) is 2. The zero-order chi connectivity index (χ0) is 12.0. The first-order chi connectivity index (χ1) is 8.16. The van der Waals surface area contributed by atoms with Crippen LogP contribution in [0.15, 0.2) is 6.20 Å². The molecule has 17 heavy (non-hydrogen) atoms. The van der Waals surface area contributed by atoms with Crippen molar-refractivity contribution in [1.29, 1.82) is 0 Å². The van der Waals surface area contributed by atoms with E-state index >= 15 is 0 Å². The first-order valence-electron chi connectivity index (χ1n) is 6.02. The number of hydrogen-bond acceptors (Lipinski definition) is 3. The molecule has 6 heteroatoms. The van der Waals surface area contributed by atoms with Crippen LogP contribution in [0.4, 0.5) is 10.5 Å². The van der Waals surface area contributed by atoms with Crippen LogP contribution in [-0.4, -0.2) is 34.4 Å². The van der Waals surface area contributed by atoms with Crippen LogP contribution in [0.3, 0.4) is 0 Å². The summed E-state index contributed by atoms with van der Waals surface area (Å²) in [5.74, 6) is 0. The van der Waals surface area contributed by atoms with Gasteiger partial charge in [0.05, 0.1) is 30.2 Å². The molecule has 0 spiro atoms. The van der Waals surface area contributed by atoms with Gasteiger partial charge in [0.25, 0.3) is 0 Å². The Kier molecular flexibility index (Phi) is 2.32. The molecule has 2 aliphatic heterocycles. The van der Waals surface area contributed by atoms with Crippen molar-refractivity contribution in [1.82, 2.24) is 20.4 Å². The lowest BCUT2D eigenvalue weighted by molar-refractivity contribution is 0.251. The largest absolute Gasteiger partial charge is 0.336 e. The van der Waals surface area contributed by atoms with Crippen LogP contribution in [0.25, 0.3) is 0 Å². The molecule has 0 bridgehead atoms. The van der Waals surface area contributed by atoms with E-state index in [4.69, 9.17) is 0 Å². The third-order valence-electron chi connectivity index (χ3n) is 3.46. The number of aromatic nitrogens is 2. The molecule has 3 heterocycles. The Morgan fingerprint density at radius 2 is 2.29 bits per heavy atom. The van der Waals surface area contributed by atoms with Crippen molar-refractivity contribution in [3.63, 3.8) is 0 Å². The van der Waals surface area contributed by atoms with Crippen molar-refractivity contribution in [2.75, 3.05) is 11.4 Å². The maximum absolute atomic E-state index is 11.8. The van der Waals surface area contributed by atoms with Gasteiger partial charge in [-0.3, -0.25) is 9.58 Å². The zero-order valence-electron chi connectivity index (χ0n) is 10.1. The number of nitrogens with zero attached hydrogens (tertiary/aromatic N) is 3. The fraction of sp³-hybridized carbons (Fsp3) is 0.636. The van der Waals surface area contributed by atoms with Crippen LogP contribution in [0, 0.1) is 0 Å². The molecule has 0 aromatic carbocycles. The Balaban J connectivity index is 1.96. The highest BCUT2D eigenvalue weighted by atomic mass is 16.2. The molecule has 2 amide bonds. The molecule has 3 rings (SSSR count). The first kappa shape index (κ1) is 10.6. The number of rotatable bonds is 1. The Labute approximate surface area is 100.0 Å². The second kappa shape index (κ2) is 3.73. The molecule has 0 saturated carbocycles. The third kappa shape index (κ3) is 1.59. The lowest BCUT2D eigenvalue weighted by atomic mass is 10.2. The summed E-state index contributed by atoms with van der Waals surface area (Å²) in [6, 6.07) is 0.600. The van der Waals surface area contributed by atoms with Gasteiger partial charge in [-0.25, -0.2) is 4.79 Å². The predicted molar refractivity (Wildman–Crippen MR) is 63.9 cm³/mol. The molecule has 1 aromatic rings. The summed E-state index contributed by atoms with van der Waals surface area (Å²) >= 11 is 0. The molecule has 2 atom stereocenters. The van der Waals surface area contributed by atoms with Gasteiger partial charge in [0.1, 0.15) is 0 Å². The predicted octanol–water partition coefficient (Wildman–Crippen LogP) is 0.293. The van der Waals surface area contributed by atoms with E-state index in [1.807, 2.05) is 11.6 Å². The molecule has 0 radical (unpaired) electrons. The highest BCUT2D eigenvalue weighted by Crippen LogP contribution is 2.26. The van der Waals surface area contributed by atoms with Crippen LogP contribution < -0.4 is 15.5 Å². The summed E-state index contributed by atoms with van der Waals surface area (Å²) in [4.78, 5) is 13.6. The van der Waals surface area contributed by atoms with Crippen LogP contribution in [0.5, 0.6) is 0 Å². The number of urea groups is 1. The van der Waals surface area contributed by atoms with Crippen molar-refractivity contribution in [2.24, 2.45) is 0 Å². The third-order valence-corrected chi connectivity index (χ3v) is 3.46. The van der Waals surface area contributed by atoms with Gasteiger partial charge in [0.2, 0.25) is 0 Å². The molecule has 0 aliphatic carbocycles. The minimum Gasteiger partial charge on any atom is -0.336 e. The van der Waals surface area contributed by atoms with Gasteiger partial charge in [-0.05, 0) is 13.8 Å². The van der Waals surface area contributed by atoms with Gasteiger partial charge in [0.15, 0.2) is 0 Å². The van der Waals surface area contributed by atoms with Crippen LogP contribution in [0.1, 0.15) is 19.5 Å². The van der Waals surface area contributed by atoms with Crippen LogP contribution in [-0.2, 0) is 13.1 Å². The van der Waals surface area contributed by atoms with E-state index in [2.05, 4.69) is 22.7 Å². The summed E-state index contributed by atoms with van der Waals surface area (Å²) < 4.78 is 1.99. The molecule has 1 aromatic heterocycles. The molecule has 0 unspecified atom stereocenters.